The fourth-order valence-corrected chi connectivity index (χ4v) is 1.47. The summed E-state index contributed by atoms with van der Waals surface area (Å²) in [5, 5.41) is 5.01. The molecule has 0 fully saturated rings. The van der Waals surface area contributed by atoms with Crippen LogP contribution < -0.4 is 20.1 Å². The second-order valence-electron chi connectivity index (χ2n) is 3.53. The Balaban J connectivity index is 2.76. The van der Waals surface area contributed by atoms with Crippen LogP contribution in [0.25, 0.3) is 0 Å². The quantitative estimate of drug-likeness (QED) is 0.766. The Hall–Kier alpha value is -2.16. The van der Waals surface area contributed by atoms with Crippen LogP contribution in [0.2, 0.25) is 0 Å². The van der Waals surface area contributed by atoms with Gasteiger partial charge in [0.1, 0.15) is 0 Å². The number of amides is 1. The average Bonchev–Trinajstić information content (AvgIpc) is 2.39. The molecule has 0 radical (unpaired) electrons. The molecule has 1 rings (SSSR count). The van der Waals surface area contributed by atoms with Crippen molar-refractivity contribution >= 4 is 29.4 Å². The number of anilines is 1. The molecule has 0 spiro atoms. The zero-order valence-electron chi connectivity index (χ0n) is 12.1. The summed E-state index contributed by atoms with van der Waals surface area (Å²) in [6, 6.07) is 1.57. The zero-order valence-corrected chi connectivity index (χ0v) is 13.0. The van der Waals surface area contributed by atoms with Gasteiger partial charge in [-0.2, -0.15) is 9.97 Å². The van der Waals surface area contributed by atoms with Gasteiger partial charge in [-0.15, -0.1) is 0 Å². The van der Waals surface area contributed by atoms with Gasteiger partial charge in [-0.05, 0) is 33.0 Å². The lowest BCUT2D eigenvalue weighted by Gasteiger charge is -2.11. The first-order chi connectivity index (χ1) is 10.1. The zero-order chi connectivity index (χ0) is 15.7. The van der Waals surface area contributed by atoms with Crippen molar-refractivity contribution in [1.29, 1.82) is 0 Å². The van der Waals surface area contributed by atoms with Gasteiger partial charge in [-0.1, -0.05) is 0 Å². The topological polar surface area (TPSA) is 94.6 Å². The van der Waals surface area contributed by atoms with Crippen LogP contribution in [-0.4, -0.2) is 41.0 Å². The van der Waals surface area contributed by atoms with Gasteiger partial charge in [0, 0.05) is 0 Å². The first-order valence-electron chi connectivity index (χ1n) is 6.48. The summed E-state index contributed by atoms with van der Waals surface area (Å²) in [6.07, 6.45) is -0.652. The minimum absolute atomic E-state index is 0.0181. The number of carbonyl (C=O) groups is 1. The summed E-state index contributed by atoms with van der Waals surface area (Å²) in [5.41, 5.74) is 0. The molecule has 116 valence electrons. The smallest absolute Gasteiger partial charge is 0.413 e. The monoisotopic (exact) mass is 314 g/mol. The minimum Gasteiger partial charge on any atom is -0.478 e. The highest BCUT2D eigenvalue weighted by atomic mass is 32.1. The number of hydrogen-bond acceptors (Lipinski definition) is 7. The Bertz CT molecular complexity index is 474. The third kappa shape index (κ3) is 6.21. The van der Waals surface area contributed by atoms with Gasteiger partial charge in [0.25, 0.3) is 0 Å². The molecule has 1 aromatic heterocycles. The highest BCUT2D eigenvalue weighted by molar-refractivity contribution is 7.80. The highest BCUT2D eigenvalue weighted by Crippen LogP contribution is 2.18. The molecule has 0 saturated heterocycles. The van der Waals surface area contributed by atoms with Crippen molar-refractivity contribution in [3.8, 4) is 11.8 Å². The standard InChI is InChI=1S/C12H18N4O4S/c1-4-18-8-7-9(19-5-2)14-10(13-8)15-11(21)16-12(17)20-6-3/h7H,4-6H2,1-3H3,(H2,13,14,15,16,17,21). The van der Waals surface area contributed by atoms with Crippen molar-refractivity contribution in [2.24, 2.45) is 0 Å². The van der Waals surface area contributed by atoms with Crippen LogP contribution >= 0.6 is 12.2 Å². The van der Waals surface area contributed by atoms with Gasteiger partial charge in [-0.25, -0.2) is 4.79 Å². The largest absolute Gasteiger partial charge is 0.478 e. The second kappa shape index (κ2) is 8.90. The van der Waals surface area contributed by atoms with E-state index in [0.717, 1.165) is 0 Å². The van der Waals surface area contributed by atoms with E-state index in [2.05, 4.69) is 20.6 Å². The van der Waals surface area contributed by atoms with Crippen molar-refractivity contribution < 1.29 is 19.0 Å². The molecule has 21 heavy (non-hydrogen) atoms. The lowest BCUT2D eigenvalue weighted by atomic mass is 10.6. The highest BCUT2D eigenvalue weighted by Gasteiger charge is 2.10. The molecule has 0 aliphatic heterocycles. The summed E-state index contributed by atoms with van der Waals surface area (Å²) in [6.45, 7) is 6.52. The van der Waals surface area contributed by atoms with Crippen molar-refractivity contribution in [1.82, 2.24) is 15.3 Å². The molecule has 0 saturated carbocycles. The Morgan fingerprint density at radius 3 is 2.19 bits per heavy atom. The number of rotatable bonds is 6. The molecule has 0 aliphatic rings. The van der Waals surface area contributed by atoms with Gasteiger partial charge in [-0.3, -0.25) is 5.32 Å². The summed E-state index contributed by atoms with van der Waals surface area (Å²) in [5.74, 6) is 0.848. The molecule has 1 heterocycles. The maximum absolute atomic E-state index is 11.2. The van der Waals surface area contributed by atoms with Gasteiger partial charge >= 0.3 is 6.09 Å². The van der Waals surface area contributed by atoms with Crippen molar-refractivity contribution in [2.75, 3.05) is 25.1 Å². The van der Waals surface area contributed by atoms with E-state index in [1.165, 1.54) is 0 Å². The summed E-state index contributed by atoms with van der Waals surface area (Å²) < 4.78 is 15.3. The Morgan fingerprint density at radius 2 is 1.71 bits per heavy atom. The number of thiocarbonyl (C=S) groups is 1. The van der Waals surface area contributed by atoms with Crippen LogP contribution in [0, 0.1) is 0 Å². The number of nitrogens with one attached hydrogen (secondary N) is 2. The summed E-state index contributed by atoms with van der Waals surface area (Å²) >= 11 is 4.96. The first-order valence-corrected chi connectivity index (χ1v) is 6.89. The van der Waals surface area contributed by atoms with Crippen LogP contribution in [-0.2, 0) is 4.74 Å². The van der Waals surface area contributed by atoms with Gasteiger partial charge in [0.15, 0.2) is 5.11 Å². The molecule has 9 heteroatoms. The molecule has 1 amide bonds. The number of hydrogen-bond donors (Lipinski definition) is 2. The van der Waals surface area contributed by atoms with Crippen LogP contribution in [0.1, 0.15) is 20.8 Å². The van der Waals surface area contributed by atoms with Gasteiger partial charge in [0.2, 0.25) is 17.7 Å². The normalized spacial score (nSPS) is 9.67. The lowest BCUT2D eigenvalue weighted by Crippen LogP contribution is -2.35. The van der Waals surface area contributed by atoms with Crippen molar-refractivity contribution in [3.63, 3.8) is 0 Å². The molecule has 0 aliphatic carbocycles. The van der Waals surface area contributed by atoms with E-state index in [4.69, 9.17) is 26.4 Å². The van der Waals surface area contributed by atoms with E-state index in [1.54, 1.807) is 13.0 Å². The van der Waals surface area contributed by atoms with Crippen LogP contribution in [0.4, 0.5) is 10.7 Å². The predicted octanol–water partition coefficient (Wildman–Crippen LogP) is 1.72. The van der Waals surface area contributed by atoms with Crippen LogP contribution in [0.5, 0.6) is 11.8 Å². The maximum Gasteiger partial charge on any atom is 0.413 e. The molecule has 8 nitrogen and oxygen atoms in total. The molecular weight excluding hydrogens is 296 g/mol. The molecular formula is C12H18N4O4S. The van der Waals surface area contributed by atoms with E-state index in [9.17, 15) is 4.79 Å². The number of alkyl carbamates (subject to hydrolysis) is 1. The molecule has 0 aromatic carbocycles. The molecule has 0 atom stereocenters. The Labute approximate surface area is 128 Å². The fraction of sp³-hybridized carbons (Fsp3) is 0.500. The van der Waals surface area contributed by atoms with Gasteiger partial charge in [0.05, 0.1) is 25.9 Å². The van der Waals surface area contributed by atoms with E-state index < -0.39 is 6.09 Å². The maximum atomic E-state index is 11.2. The van der Waals surface area contributed by atoms with E-state index >= 15 is 0 Å². The summed E-state index contributed by atoms with van der Waals surface area (Å²) in [4.78, 5) is 19.4. The Morgan fingerprint density at radius 1 is 1.14 bits per heavy atom. The molecule has 2 N–H and O–H groups in total. The number of ether oxygens (including phenoxy) is 3. The van der Waals surface area contributed by atoms with E-state index in [1.807, 2.05) is 13.8 Å². The van der Waals surface area contributed by atoms with Gasteiger partial charge < -0.3 is 19.5 Å². The van der Waals surface area contributed by atoms with Crippen molar-refractivity contribution in [2.45, 2.75) is 20.8 Å². The minimum atomic E-state index is -0.652. The first kappa shape index (κ1) is 16.9. The fourth-order valence-electron chi connectivity index (χ4n) is 1.30. The SMILES string of the molecule is CCOC(=O)NC(=S)Nc1nc(OCC)cc(OCC)n1. The van der Waals surface area contributed by atoms with E-state index in [-0.39, 0.29) is 17.7 Å². The van der Waals surface area contributed by atoms with Crippen molar-refractivity contribution in [3.05, 3.63) is 6.07 Å². The average molecular weight is 314 g/mol. The molecule has 1 aromatic rings. The van der Waals surface area contributed by atoms with E-state index in [0.29, 0.717) is 25.0 Å². The predicted molar refractivity (Wildman–Crippen MR) is 80.7 cm³/mol. The summed E-state index contributed by atoms with van der Waals surface area (Å²) in [7, 11) is 0. The number of carbonyl (C=O) groups excluding carboxylic acids is 1. The molecule has 0 bridgehead atoms. The lowest BCUT2D eigenvalue weighted by molar-refractivity contribution is 0.158. The number of aromatic nitrogens is 2. The Kier molecular flexibility index (Phi) is 7.16. The van der Waals surface area contributed by atoms with Crippen LogP contribution in [0.3, 0.4) is 0 Å². The molecule has 0 unspecified atom stereocenters. The van der Waals surface area contributed by atoms with Crippen LogP contribution in [0.15, 0.2) is 6.07 Å². The third-order valence-corrected chi connectivity index (χ3v) is 2.18. The number of nitrogens with zero attached hydrogens (tertiary/aromatic N) is 2. The third-order valence-electron chi connectivity index (χ3n) is 1.98. The second-order valence-corrected chi connectivity index (χ2v) is 3.94.